The fraction of sp³-hybridized carbons (Fsp3) is 0.636. The molecule has 2 unspecified atom stereocenters. The minimum absolute atomic E-state index is 0.0538. The molecule has 1 rings (SSSR count). The summed E-state index contributed by atoms with van der Waals surface area (Å²) < 4.78 is 0. The standard InChI is InChI=1S/C11H16O2/c1-8(12)6-10-4-3-5-11(7-10)9(2)13/h3,5,10-11H,4,6-7H2,1-2H3. The van der Waals surface area contributed by atoms with Gasteiger partial charge in [0.2, 0.25) is 0 Å². The molecular weight excluding hydrogens is 164 g/mol. The highest BCUT2D eigenvalue weighted by Crippen LogP contribution is 2.26. The summed E-state index contributed by atoms with van der Waals surface area (Å²) in [6.07, 6.45) is 6.42. The van der Waals surface area contributed by atoms with Crippen LogP contribution < -0.4 is 0 Å². The molecule has 0 radical (unpaired) electrons. The third kappa shape index (κ3) is 3.13. The average Bonchev–Trinajstić information content (AvgIpc) is 2.03. The Bertz CT molecular complexity index is 240. The van der Waals surface area contributed by atoms with E-state index >= 15 is 0 Å². The molecule has 1 aliphatic carbocycles. The maximum absolute atomic E-state index is 11.1. The predicted octanol–water partition coefficient (Wildman–Crippen LogP) is 2.14. The summed E-state index contributed by atoms with van der Waals surface area (Å²) in [4.78, 5) is 22.0. The monoisotopic (exact) mass is 180 g/mol. The molecule has 0 spiro atoms. The van der Waals surface area contributed by atoms with Gasteiger partial charge in [0.25, 0.3) is 0 Å². The van der Waals surface area contributed by atoms with Gasteiger partial charge in [0, 0.05) is 12.3 Å². The second-order valence-electron chi connectivity index (χ2n) is 3.89. The second kappa shape index (κ2) is 4.35. The van der Waals surface area contributed by atoms with Gasteiger partial charge in [-0.25, -0.2) is 0 Å². The van der Waals surface area contributed by atoms with Crippen molar-refractivity contribution >= 4 is 11.6 Å². The summed E-state index contributed by atoms with van der Waals surface area (Å²) in [6, 6.07) is 0. The minimum Gasteiger partial charge on any atom is -0.300 e. The first-order valence-corrected chi connectivity index (χ1v) is 4.76. The van der Waals surface area contributed by atoms with Crippen molar-refractivity contribution < 1.29 is 9.59 Å². The van der Waals surface area contributed by atoms with Gasteiger partial charge >= 0.3 is 0 Å². The molecule has 0 aliphatic heterocycles. The highest BCUT2D eigenvalue weighted by molar-refractivity contribution is 5.80. The number of allylic oxidation sites excluding steroid dienone is 2. The summed E-state index contributed by atoms with van der Waals surface area (Å²) in [6.45, 7) is 3.23. The molecule has 0 N–H and O–H groups in total. The molecule has 72 valence electrons. The number of hydrogen-bond acceptors (Lipinski definition) is 2. The molecule has 0 saturated heterocycles. The molecule has 2 atom stereocenters. The minimum atomic E-state index is 0.0538. The Morgan fingerprint density at radius 2 is 2.08 bits per heavy atom. The van der Waals surface area contributed by atoms with Crippen molar-refractivity contribution in [2.75, 3.05) is 0 Å². The van der Waals surface area contributed by atoms with Crippen LogP contribution >= 0.6 is 0 Å². The number of hydrogen-bond donors (Lipinski definition) is 0. The number of Topliss-reactive ketones (excluding diaryl/α,β-unsaturated/α-hetero) is 2. The smallest absolute Gasteiger partial charge is 0.136 e. The van der Waals surface area contributed by atoms with Crippen molar-refractivity contribution in [2.24, 2.45) is 11.8 Å². The topological polar surface area (TPSA) is 34.1 Å². The highest BCUT2D eigenvalue weighted by Gasteiger charge is 2.21. The quantitative estimate of drug-likeness (QED) is 0.623. The van der Waals surface area contributed by atoms with Crippen molar-refractivity contribution in [2.45, 2.75) is 33.1 Å². The molecule has 0 fully saturated rings. The van der Waals surface area contributed by atoms with Crippen LogP contribution in [0.2, 0.25) is 0 Å². The lowest BCUT2D eigenvalue weighted by atomic mass is 9.82. The lowest BCUT2D eigenvalue weighted by Crippen LogP contribution is -2.18. The van der Waals surface area contributed by atoms with Crippen molar-refractivity contribution in [3.8, 4) is 0 Å². The maximum Gasteiger partial charge on any atom is 0.136 e. The molecule has 0 amide bonds. The predicted molar refractivity (Wildman–Crippen MR) is 51.3 cm³/mol. The molecule has 1 aliphatic rings. The number of carbonyl (C=O) groups is 2. The van der Waals surface area contributed by atoms with Crippen molar-refractivity contribution in [3.05, 3.63) is 12.2 Å². The first kappa shape index (κ1) is 10.2. The summed E-state index contributed by atoms with van der Waals surface area (Å²) >= 11 is 0. The molecule has 2 nitrogen and oxygen atoms in total. The van der Waals surface area contributed by atoms with E-state index in [0.717, 1.165) is 12.8 Å². The zero-order valence-corrected chi connectivity index (χ0v) is 8.25. The van der Waals surface area contributed by atoms with E-state index in [1.807, 2.05) is 12.2 Å². The zero-order chi connectivity index (χ0) is 9.84. The van der Waals surface area contributed by atoms with Gasteiger partial charge in [0.05, 0.1) is 0 Å². The lowest BCUT2D eigenvalue weighted by molar-refractivity contribution is -0.121. The van der Waals surface area contributed by atoms with Crippen LogP contribution in [0, 0.1) is 11.8 Å². The van der Waals surface area contributed by atoms with Crippen LogP contribution in [0.1, 0.15) is 33.1 Å². The van der Waals surface area contributed by atoms with Gasteiger partial charge in [-0.2, -0.15) is 0 Å². The fourth-order valence-electron chi connectivity index (χ4n) is 1.84. The van der Waals surface area contributed by atoms with Crippen LogP contribution in [0.4, 0.5) is 0 Å². The van der Waals surface area contributed by atoms with E-state index in [1.165, 1.54) is 0 Å². The third-order valence-corrected chi connectivity index (χ3v) is 2.52. The second-order valence-corrected chi connectivity index (χ2v) is 3.89. The normalized spacial score (nSPS) is 27.2. The molecule has 0 bridgehead atoms. The van der Waals surface area contributed by atoms with Gasteiger partial charge in [0.1, 0.15) is 11.6 Å². The first-order valence-electron chi connectivity index (χ1n) is 4.76. The van der Waals surface area contributed by atoms with Crippen LogP contribution in [0.25, 0.3) is 0 Å². The third-order valence-electron chi connectivity index (χ3n) is 2.52. The largest absolute Gasteiger partial charge is 0.300 e. The SMILES string of the molecule is CC(=O)CC1CC=CC(C(C)=O)C1. The van der Waals surface area contributed by atoms with Crippen LogP contribution in [0.5, 0.6) is 0 Å². The van der Waals surface area contributed by atoms with Gasteiger partial charge in [-0.3, -0.25) is 4.79 Å². The van der Waals surface area contributed by atoms with E-state index in [1.54, 1.807) is 13.8 Å². The van der Waals surface area contributed by atoms with E-state index in [2.05, 4.69) is 0 Å². The Morgan fingerprint density at radius 3 is 2.62 bits per heavy atom. The van der Waals surface area contributed by atoms with E-state index in [4.69, 9.17) is 0 Å². The average molecular weight is 180 g/mol. The Morgan fingerprint density at radius 1 is 1.38 bits per heavy atom. The summed E-state index contributed by atoms with van der Waals surface area (Å²) in [7, 11) is 0. The summed E-state index contributed by atoms with van der Waals surface area (Å²) in [5.41, 5.74) is 0. The highest BCUT2D eigenvalue weighted by atomic mass is 16.1. The first-order chi connectivity index (χ1) is 6.09. The molecule has 0 aromatic rings. The Labute approximate surface area is 79.0 Å². The molecule has 0 aromatic heterocycles. The van der Waals surface area contributed by atoms with Gasteiger partial charge in [-0.1, -0.05) is 12.2 Å². The summed E-state index contributed by atoms with van der Waals surface area (Å²) in [5, 5.41) is 0. The van der Waals surface area contributed by atoms with E-state index in [-0.39, 0.29) is 17.5 Å². The number of carbonyl (C=O) groups excluding carboxylic acids is 2. The zero-order valence-electron chi connectivity index (χ0n) is 8.25. The number of ketones is 2. The van der Waals surface area contributed by atoms with E-state index in [0.29, 0.717) is 12.3 Å². The molecule has 0 heterocycles. The Hall–Kier alpha value is -0.920. The van der Waals surface area contributed by atoms with Gasteiger partial charge in [-0.05, 0) is 32.6 Å². The van der Waals surface area contributed by atoms with E-state index < -0.39 is 0 Å². The fourth-order valence-corrected chi connectivity index (χ4v) is 1.84. The van der Waals surface area contributed by atoms with E-state index in [9.17, 15) is 9.59 Å². The Balaban J connectivity index is 2.50. The van der Waals surface area contributed by atoms with Crippen molar-refractivity contribution in [1.29, 1.82) is 0 Å². The van der Waals surface area contributed by atoms with Crippen LogP contribution in [-0.4, -0.2) is 11.6 Å². The lowest BCUT2D eigenvalue weighted by Gasteiger charge is -2.21. The summed E-state index contributed by atoms with van der Waals surface area (Å²) in [5.74, 6) is 0.876. The van der Waals surface area contributed by atoms with Gasteiger partial charge in [0.15, 0.2) is 0 Å². The van der Waals surface area contributed by atoms with Crippen LogP contribution in [0.15, 0.2) is 12.2 Å². The van der Waals surface area contributed by atoms with Gasteiger partial charge < -0.3 is 4.79 Å². The number of rotatable bonds is 3. The molecular formula is C11H16O2. The van der Waals surface area contributed by atoms with Crippen molar-refractivity contribution in [1.82, 2.24) is 0 Å². The molecule has 13 heavy (non-hydrogen) atoms. The van der Waals surface area contributed by atoms with Crippen LogP contribution in [0.3, 0.4) is 0 Å². The maximum atomic E-state index is 11.1. The molecule has 2 heteroatoms. The van der Waals surface area contributed by atoms with Crippen molar-refractivity contribution in [3.63, 3.8) is 0 Å². The molecule has 0 saturated carbocycles. The molecule has 0 aromatic carbocycles. The van der Waals surface area contributed by atoms with Crippen LogP contribution in [-0.2, 0) is 9.59 Å². The van der Waals surface area contributed by atoms with Gasteiger partial charge in [-0.15, -0.1) is 0 Å². The Kier molecular flexibility index (Phi) is 3.40.